The van der Waals surface area contributed by atoms with Gasteiger partial charge >= 0.3 is 0 Å². The Morgan fingerprint density at radius 2 is 2.14 bits per heavy atom. The molecule has 1 fully saturated rings. The number of non-ortho nitro benzene ring substituents is 1. The Bertz CT molecular complexity index is 680. The van der Waals surface area contributed by atoms with Crippen LogP contribution in [0.15, 0.2) is 34.2 Å². The number of aliphatic imine (C=N–C) groups is 1. The number of nitro benzene ring substituents is 1. The van der Waals surface area contributed by atoms with Gasteiger partial charge in [-0.15, -0.1) is 0 Å². The van der Waals surface area contributed by atoms with E-state index >= 15 is 0 Å². The third-order valence-corrected chi connectivity index (χ3v) is 4.31. The summed E-state index contributed by atoms with van der Waals surface area (Å²) in [5, 5.41) is 11.5. The second kappa shape index (κ2) is 6.29. The number of carbonyl (C=O) groups is 1. The molecule has 0 unspecified atom stereocenters. The first kappa shape index (κ1) is 14.7. The van der Waals surface area contributed by atoms with Gasteiger partial charge in [-0.1, -0.05) is 12.1 Å². The summed E-state index contributed by atoms with van der Waals surface area (Å²) in [5.74, 6) is -0.307. The molecule has 0 spiro atoms. The van der Waals surface area contributed by atoms with Gasteiger partial charge in [0.05, 0.1) is 23.0 Å². The molecule has 3 rings (SSSR count). The molecule has 0 atom stereocenters. The number of nitrogens with zero attached hydrogens (tertiary/aromatic N) is 3. The van der Waals surface area contributed by atoms with Crippen LogP contribution in [0.1, 0.15) is 5.56 Å². The van der Waals surface area contributed by atoms with Gasteiger partial charge in [-0.25, -0.2) is 0 Å². The van der Waals surface area contributed by atoms with Crippen LogP contribution in [0, 0.1) is 10.1 Å². The Labute approximate surface area is 130 Å². The van der Waals surface area contributed by atoms with Crippen molar-refractivity contribution < 1.29 is 14.5 Å². The fourth-order valence-electron chi connectivity index (χ4n) is 2.17. The van der Waals surface area contributed by atoms with Crippen molar-refractivity contribution in [3.8, 4) is 0 Å². The summed E-state index contributed by atoms with van der Waals surface area (Å²) in [5.41, 5.74) is 0.614. The van der Waals surface area contributed by atoms with Gasteiger partial charge < -0.3 is 9.64 Å². The van der Waals surface area contributed by atoms with Gasteiger partial charge in [-0.2, -0.15) is 4.99 Å². The lowest BCUT2D eigenvalue weighted by Gasteiger charge is -2.27. The van der Waals surface area contributed by atoms with Gasteiger partial charge in [0.2, 0.25) is 0 Å². The number of hydrogen-bond acceptors (Lipinski definition) is 6. The molecule has 1 aromatic rings. The molecule has 2 aliphatic rings. The Balaban J connectivity index is 1.77. The zero-order chi connectivity index (χ0) is 15.5. The van der Waals surface area contributed by atoms with Gasteiger partial charge in [-0.3, -0.25) is 14.9 Å². The quantitative estimate of drug-likeness (QED) is 0.470. The minimum Gasteiger partial charge on any atom is -0.378 e. The minimum absolute atomic E-state index is 0.000818. The van der Waals surface area contributed by atoms with Crippen molar-refractivity contribution in [2.75, 3.05) is 26.3 Å². The number of amidine groups is 1. The lowest BCUT2D eigenvalue weighted by molar-refractivity contribution is -0.384. The molecule has 0 radical (unpaired) electrons. The number of carbonyl (C=O) groups excluding carboxylic acids is 1. The number of rotatable bonds is 2. The standard InChI is InChI=1S/C14H13N3O4S/c18-13-12(9-10-2-1-3-11(8-10)17(19)20)22-14(15-13)16-4-6-21-7-5-16/h1-3,8-9H,4-7H2/b12-9-. The molecule has 0 aromatic heterocycles. The van der Waals surface area contributed by atoms with Gasteiger partial charge in [0.25, 0.3) is 11.6 Å². The number of thioether (sulfide) groups is 1. The fraction of sp³-hybridized carbons (Fsp3) is 0.286. The lowest BCUT2D eigenvalue weighted by atomic mass is 10.2. The third kappa shape index (κ3) is 3.18. The molecule has 7 nitrogen and oxygen atoms in total. The molecule has 1 aromatic carbocycles. The average molecular weight is 319 g/mol. The molecule has 0 N–H and O–H groups in total. The Hall–Kier alpha value is -2.19. The van der Waals surface area contributed by atoms with E-state index in [-0.39, 0.29) is 11.6 Å². The zero-order valence-corrected chi connectivity index (χ0v) is 12.4. The van der Waals surface area contributed by atoms with E-state index in [0.29, 0.717) is 41.9 Å². The summed E-state index contributed by atoms with van der Waals surface area (Å²) >= 11 is 1.30. The Morgan fingerprint density at radius 1 is 1.36 bits per heavy atom. The van der Waals surface area contributed by atoms with Crippen LogP contribution in [0.5, 0.6) is 0 Å². The van der Waals surface area contributed by atoms with Crippen LogP contribution < -0.4 is 0 Å². The second-order valence-corrected chi connectivity index (χ2v) is 5.77. The first-order valence-corrected chi connectivity index (χ1v) is 7.55. The third-order valence-electron chi connectivity index (χ3n) is 3.27. The van der Waals surface area contributed by atoms with Gasteiger partial charge in [0.15, 0.2) is 5.17 Å². The summed E-state index contributed by atoms with van der Waals surface area (Å²) in [6.07, 6.45) is 1.64. The summed E-state index contributed by atoms with van der Waals surface area (Å²) in [6, 6.07) is 6.17. The first-order valence-electron chi connectivity index (χ1n) is 6.73. The van der Waals surface area contributed by atoms with Crippen LogP contribution in [0.2, 0.25) is 0 Å². The van der Waals surface area contributed by atoms with E-state index in [1.54, 1.807) is 18.2 Å². The molecule has 1 saturated heterocycles. The predicted octanol–water partition coefficient (Wildman–Crippen LogP) is 1.90. The van der Waals surface area contributed by atoms with Crippen LogP contribution in [0.3, 0.4) is 0 Å². The van der Waals surface area contributed by atoms with Crippen molar-refractivity contribution in [2.45, 2.75) is 0 Å². The molecule has 0 bridgehead atoms. The molecular formula is C14H13N3O4S. The molecule has 1 amide bonds. The van der Waals surface area contributed by atoms with E-state index in [1.165, 1.54) is 23.9 Å². The second-order valence-electron chi connectivity index (χ2n) is 4.76. The number of benzene rings is 1. The van der Waals surface area contributed by atoms with E-state index in [1.807, 2.05) is 4.90 Å². The SMILES string of the molecule is O=C1N=C(N2CCOCC2)S/C1=C\c1cccc([N+](=O)[O-])c1. The summed E-state index contributed by atoms with van der Waals surface area (Å²) in [4.78, 5) is 28.9. The largest absolute Gasteiger partial charge is 0.378 e. The van der Waals surface area contributed by atoms with Gasteiger partial charge in [0, 0.05) is 25.2 Å². The van der Waals surface area contributed by atoms with Crippen LogP contribution >= 0.6 is 11.8 Å². The fourth-order valence-corrected chi connectivity index (χ4v) is 3.13. The summed E-state index contributed by atoms with van der Waals surface area (Å²) in [6.45, 7) is 2.67. The smallest absolute Gasteiger partial charge is 0.286 e. The highest BCUT2D eigenvalue weighted by atomic mass is 32.2. The number of nitro groups is 1. The minimum atomic E-state index is -0.457. The van der Waals surface area contributed by atoms with Crippen molar-refractivity contribution in [3.63, 3.8) is 0 Å². The van der Waals surface area contributed by atoms with Gasteiger partial charge in [-0.05, 0) is 23.4 Å². The summed E-state index contributed by atoms with van der Waals surface area (Å²) < 4.78 is 5.27. The van der Waals surface area contributed by atoms with Crippen molar-refractivity contribution in [1.29, 1.82) is 0 Å². The molecular weight excluding hydrogens is 306 g/mol. The van der Waals surface area contributed by atoms with Crippen molar-refractivity contribution in [3.05, 3.63) is 44.8 Å². The van der Waals surface area contributed by atoms with E-state index in [2.05, 4.69) is 4.99 Å². The highest BCUT2D eigenvalue weighted by Gasteiger charge is 2.27. The van der Waals surface area contributed by atoms with E-state index in [9.17, 15) is 14.9 Å². The predicted molar refractivity (Wildman–Crippen MR) is 83.5 cm³/mol. The maximum absolute atomic E-state index is 12.0. The van der Waals surface area contributed by atoms with Gasteiger partial charge in [0.1, 0.15) is 0 Å². The number of hydrogen-bond donors (Lipinski definition) is 0. The maximum atomic E-state index is 12.0. The molecule has 114 valence electrons. The van der Waals surface area contributed by atoms with E-state index in [4.69, 9.17) is 4.74 Å². The monoisotopic (exact) mass is 319 g/mol. The number of morpholine rings is 1. The number of amides is 1. The summed E-state index contributed by atoms with van der Waals surface area (Å²) in [7, 11) is 0. The van der Waals surface area contributed by atoms with Crippen LogP contribution in [0.4, 0.5) is 5.69 Å². The first-order chi connectivity index (χ1) is 10.6. The normalized spacial score (nSPS) is 20.4. The molecule has 2 heterocycles. The maximum Gasteiger partial charge on any atom is 0.286 e. The zero-order valence-electron chi connectivity index (χ0n) is 11.6. The van der Waals surface area contributed by atoms with Crippen LogP contribution in [0.25, 0.3) is 6.08 Å². The highest BCUT2D eigenvalue weighted by molar-refractivity contribution is 8.18. The lowest BCUT2D eigenvalue weighted by Crippen LogP contribution is -2.38. The van der Waals surface area contributed by atoms with Crippen LogP contribution in [-0.4, -0.2) is 47.2 Å². The van der Waals surface area contributed by atoms with E-state index in [0.717, 1.165) is 0 Å². The molecule has 2 aliphatic heterocycles. The van der Waals surface area contributed by atoms with Crippen molar-refractivity contribution in [1.82, 2.24) is 4.90 Å². The van der Waals surface area contributed by atoms with E-state index < -0.39 is 4.92 Å². The van der Waals surface area contributed by atoms with Crippen molar-refractivity contribution in [2.24, 2.45) is 4.99 Å². The topological polar surface area (TPSA) is 85.0 Å². The average Bonchev–Trinajstić information content (AvgIpc) is 2.89. The molecule has 0 aliphatic carbocycles. The van der Waals surface area contributed by atoms with Crippen molar-refractivity contribution >= 4 is 34.6 Å². The highest BCUT2D eigenvalue weighted by Crippen LogP contribution is 2.31. The Morgan fingerprint density at radius 3 is 2.86 bits per heavy atom. The molecule has 8 heteroatoms. The number of ether oxygens (including phenoxy) is 1. The molecule has 0 saturated carbocycles. The Kier molecular flexibility index (Phi) is 4.21. The van der Waals surface area contributed by atoms with Crippen LogP contribution in [-0.2, 0) is 9.53 Å². The molecule has 22 heavy (non-hydrogen) atoms.